The number of nitrogens with one attached hydrogen (secondary N) is 4. The van der Waals surface area contributed by atoms with Gasteiger partial charge in [0.1, 0.15) is 0 Å². The van der Waals surface area contributed by atoms with Gasteiger partial charge in [0.2, 0.25) is 10.0 Å². The molecule has 0 spiro atoms. The molecule has 0 aliphatic heterocycles. The topological polar surface area (TPSA) is 128 Å². The summed E-state index contributed by atoms with van der Waals surface area (Å²) in [5, 5.41) is 1.16. The second-order valence-electron chi connectivity index (χ2n) is 6.12. The van der Waals surface area contributed by atoms with E-state index in [1.165, 1.54) is 18.2 Å². The predicted octanol–water partition coefficient (Wildman–Crippen LogP) is 1.22. The van der Waals surface area contributed by atoms with E-state index in [4.69, 9.17) is 0 Å². The van der Waals surface area contributed by atoms with Crippen LogP contribution in [0.2, 0.25) is 0 Å². The summed E-state index contributed by atoms with van der Waals surface area (Å²) in [6, 6.07) is 11.8. The maximum atomic E-state index is 12.5. The smallest absolute Gasteiger partial charge is 0.326 e. The lowest BCUT2D eigenvalue weighted by Crippen LogP contribution is -2.27. The number of sulfonamides is 1. The van der Waals surface area contributed by atoms with Crippen molar-refractivity contribution in [2.45, 2.75) is 11.3 Å². The van der Waals surface area contributed by atoms with Crippen LogP contribution in [-0.2, 0) is 16.4 Å². The molecule has 0 radical (unpaired) electrons. The van der Waals surface area contributed by atoms with Crippen LogP contribution in [-0.4, -0.2) is 29.9 Å². The molecular weight excluding hydrogens is 368 g/mol. The van der Waals surface area contributed by atoms with Crippen LogP contribution in [0.4, 0.5) is 0 Å². The fraction of sp³-hybridized carbons (Fsp3) is 0.111. The molecule has 27 heavy (non-hydrogen) atoms. The highest BCUT2D eigenvalue weighted by atomic mass is 32.2. The van der Waals surface area contributed by atoms with Gasteiger partial charge in [0.15, 0.2) is 0 Å². The van der Waals surface area contributed by atoms with Gasteiger partial charge < -0.3 is 9.97 Å². The Morgan fingerprint density at radius 3 is 2.59 bits per heavy atom. The molecule has 0 aliphatic carbocycles. The number of benzene rings is 2. The molecule has 0 atom stereocenters. The van der Waals surface area contributed by atoms with Gasteiger partial charge in [-0.05, 0) is 36.2 Å². The second-order valence-corrected chi connectivity index (χ2v) is 7.89. The van der Waals surface area contributed by atoms with Gasteiger partial charge >= 0.3 is 5.69 Å². The summed E-state index contributed by atoms with van der Waals surface area (Å²) in [5.74, 6) is 0. The number of H-pyrrole nitrogens is 3. The van der Waals surface area contributed by atoms with Crippen molar-refractivity contribution in [3.05, 3.63) is 75.1 Å². The van der Waals surface area contributed by atoms with Gasteiger partial charge in [-0.2, -0.15) is 0 Å². The molecule has 4 aromatic rings. The summed E-state index contributed by atoms with van der Waals surface area (Å²) in [6.07, 6.45) is 2.38. The van der Waals surface area contributed by atoms with Crippen LogP contribution in [0.15, 0.2) is 63.1 Å². The zero-order valence-electron chi connectivity index (χ0n) is 14.1. The third kappa shape index (κ3) is 3.29. The molecule has 0 saturated heterocycles. The van der Waals surface area contributed by atoms with E-state index in [1.54, 1.807) is 0 Å². The summed E-state index contributed by atoms with van der Waals surface area (Å²) in [4.78, 5) is 30.8. The quantitative estimate of drug-likeness (QED) is 0.412. The lowest BCUT2D eigenvalue weighted by atomic mass is 10.1. The average Bonchev–Trinajstić information content (AvgIpc) is 3.04. The molecule has 4 rings (SSSR count). The van der Waals surface area contributed by atoms with E-state index in [9.17, 15) is 18.0 Å². The SMILES string of the molecule is O=c1[nH]c(=O)c2cc(S(=O)(=O)NCCc3c[nH]c4ccccc34)ccc2[nH]1. The number of rotatable bonds is 5. The minimum atomic E-state index is -3.79. The first-order valence-corrected chi connectivity index (χ1v) is 9.73. The first-order chi connectivity index (χ1) is 12.9. The van der Waals surface area contributed by atoms with Crippen LogP contribution in [0.5, 0.6) is 0 Å². The summed E-state index contributed by atoms with van der Waals surface area (Å²) in [7, 11) is -3.79. The number of hydrogen-bond acceptors (Lipinski definition) is 4. The largest absolute Gasteiger partial charge is 0.361 e. The standard InChI is InChI=1S/C18H16N4O4S/c23-17-14-9-12(5-6-16(14)21-18(24)22-17)27(25,26)20-8-7-11-10-19-15-4-2-1-3-13(11)15/h1-6,9-10,19-20H,7-8H2,(H2,21,22,23,24). The van der Waals surface area contributed by atoms with E-state index in [0.717, 1.165) is 16.5 Å². The molecule has 9 heteroatoms. The minimum Gasteiger partial charge on any atom is -0.361 e. The lowest BCUT2D eigenvalue weighted by molar-refractivity contribution is 0.582. The Bertz CT molecular complexity index is 1370. The molecule has 0 bridgehead atoms. The highest BCUT2D eigenvalue weighted by molar-refractivity contribution is 7.89. The van der Waals surface area contributed by atoms with E-state index in [0.29, 0.717) is 6.42 Å². The highest BCUT2D eigenvalue weighted by Gasteiger charge is 2.15. The molecule has 2 heterocycles. The molecule has 0 fully saturated rings. The fourth-order valence-corrected chi connectivity index (χ4v) is 4.11. The molecular formula is C18H16N4O4S. The Morgan fingerprint density at radius 1 is 0.926 bits per heavy atom. The predicted molar refractivity (Wildman–Crippen MR) is 102 cm³/mol. The molecule has 8 nitrogen and oxygen atoms in total. The molecule has 138 valence electrons. The Labute approximate surface area is 153 Å². The van der Waals surface area contributed by atoms with E-state index in [-0.39, 0.29) is 22.3 Å². The summed E-state index contributed by atoms with van der Waals surface area (Å²) >= 11 is 0. The van der Waals surface area contributed by atoms with E-state index in [2.05, 4.69) is 19.7 Å². The average molecular weight is 384 g/mol. The van der Waals surface area contributed by atoms with Crippen molar-refractivity contribution in [1.29, 1.82) is 0 Å². The zero-order valence-corrected chi connectivity index (χ0v) is 14.9. The van der Waals surface area contributed by atoms with Crippen LogP contribution in [0, 0.1) is 0 Å². The Hall–Kier alpha value is -3.17. The highest BCUT2D eigenvalue weighted by Crippen LogP contribution is 2.18. The van der Waals surface area contributed by atoms with Gasteiger partial charge in [-0.25, -0.2) is 17.9 Å². The third-order valence-corrected chi connectivity index (χ3v) is 5.84. The lowest BCUT2D eigenvalue weighted by Gasteiger charge is -2.07. The van der Waals surface area contributed by atoms with Gasteiger partial charge in [0.25, 0.3) is 5.56 Å². The van der Waals surface area contributed by atoms with Crippen LogP contribution in [0.3, 0.4) is 0 Å². The summed E-state index contributed by atoms with van der Waals surface area (Å²) in [5.41, 5.74) is 1.02. The molecule has 2 aromatic heterocycles. The number of aromatic nitrogens is 3. The molecule has 0 saturated carbocycles. The Balaban J connectivity index is 1.56. The Kier molecular flexibility index (Phi) is 4.17. The Morgan fingerprint density at radius 2 is 1.74 bits per heavy atom. The van der Waals surface area contributed by atoms with Crippen LogP contribution in [0.25, 0.3) is 21.8 Å². The summed E-state index contributed by atoms with van der Waals surface area (Å²) < 4.78 is 27.6. The molecule has 4 N–H and O–H groups in total. The van der Waals surface area contributed by atoms with Crippen molar-refractivity contribution in [3.8, 4) is 0 Å². The van der Waals surface area contributed by atoms with Gasteiger partial charge in [-0.1, -0.05) is 18.2 Å². The second kappa shape index (κ2) is 6.53. The maximum absolute atomic E-state index is 12.5. The first-order valence-electron chi connectivity index (χ1n) is 8.25. The first kappa shape index (κ1) is 17.3. The number of aromatic amines is 3. The fourth-order valence-electron chi connectivity index (χ4n) is 3.05. The van der Waals surface area contributed by atoms with E-state index >= 15 is 0 Å². The number of fused-ring (bicyclic) bond motifs is 2. The third-order valence-electron chi connectivity index (χ3n) is 4.38. The zero-order chi connectivity index (χ0) is 19.0. The van der Waals surface area contributed by atoms with Crippen molar-refractivity contribution < 1.29 is 8.42 Å². The van der Waals surface area contributed by atoms with Crippen LogP contribution in [0.1, 0.15) is 5.56 Å². The van der Waals surface area contributed by atoms with E-state index < -0.39 is 21.3 Å². The van der Waals surface area contributed by atoms with Gasteiger partial charge in [-0.3, -0.25) is 9.78 Å². The van der Waals surface area contributed by atoms with Crippen molar-refractivity contribution in [2.24, 2.45) is 0 Å². The number of para-hydroxylation sites is 1. The minimum absolute atomic E-state index is 0.0357. The van der Waals surface area contributed by atoms with Crippen LogP contribution >= 0.6 is 0 Å². The van der Waals surface area contributed by atoms with Gasteiger partial charge in [0.05, 0.1) is 15.8 Å². The maximum Gasteiger partial charge on any atom is 0.326 e. The monoisotopic (exact) mass is 384 g/mol. The summed E-state index contributed by atoms with van der Waals surface area (Å²) in [6.45, 7) is 0.212. The molecule has 0 unspecified atom stereocenters. The van der Waals surface area contributed by atoms with Crippen molar-refractivity contribution in [3.63, 3.8) is 0 Å². The van der Waals surface area contributed by atoms with Crippen molar-refractivity contribution >= 4 is 31.8 Å². The van der Waals surface area contributed by atoms with Gasteiger partial charge in [0, 0.05) is 23.6 Å². The normalized spacial score (nSPS) is 12.0. The van der Waals surface area contributed by atoms with E-state index in [1.807, 2.05) is 30.5 Å². The van der Waals surface area contributed by atoms with Crippen LogP contribution < -0.4 is 16.0 Å². The molecule has 0 aliphatic rings. The van der Waals surface area contributed by atoms with Crippen molar-refractivity contribution in [2.75, 3.05) is 6.54 Å². The molecule has 0 amide bonds. The van der Waals surface area contributed by atoms with Crippen molar-refractivity contribution in [1.82, 2.24) is 19.7 Å². The molecule has 2 aromatic carbocycles. The van der Waals surface area contributed by atoms with Gasteiger partial charge in [-0.15, -0.1) is 0 Å². The number of hydrogen-bond donors (Lipinski definition) is 4.